The number of amides is 1. The number of benzene rings is 1. The van der Waals surface area contributed by atoms with Crippen LogP contribution in [0.5, 0.6) is 5.75 Å². The Morgan fingerprint density at radius 2 is 1.96 bits per heavy atom. The van der Waals surface area contributed by atoms with Gasteiger partial charge < -0.3 is 14.5 Å². The normalized spacial score (nSPS) is 14.9. The highest BCUT2D eigenvalue weighted by Crippen LogP contribution is 2.29. The second-order valence-corrected chi connectivity index (χ2v) is 7.20. The average Bonchev–Trinajstić information content (AvgIpc) is 2.69. The zero-order valence-electron chi connectivity index (χ0n) is 16.0. The zero-order valence-corrected chi connectivity index (χ0v) is 16.7. The summed E-state index contributed by atoms with van der Waals surface area (Å²) < 4.78 is 5.44. The van der Waals surface area contributed by atoms with Gasteiger partial charge in [-0.15, -0.1) is 0 Å². The summed E-state index contributed by atoms with van der Waals surface area (Å²) in [5.74, 6) is 1.45. The van der Waals surface area contributed by atoms with Crippen molar-refractivity contribution in [1.82, 2.24) is 14.8 Å². The van der Waals surface area contributed by atoms with Crippen molar-refractivity contribution >= 4 is 23.3 Å². The predicted octanol–water partition coefficient (Wildman–Crippen LogP) is 2.77. The van der Waals surface area contributed by atoms with Gasteiger partial charge in [0.2, 0.25) is 0 Å². The van der Waals surface area contributed by atoms with Gasteiger partial charge in [0.25, 0.3) is 5.91 Å². The van der Waals surface area contributed by atoms with E-state index in [9.17, 15) is 4.79 Å². The van der Waals surface area contributed by atoms with Gasteiger partial charge in [0.05, 0.1) is 12.7 Å². The largest absolute Gasteiger partial charge is 0.496 e. The molecule has 0 N–H and O–H groups in total. The summed E-state index contributed by atoms with van der Waals surface area (Å²) in [6, 6.07) is 9.57. The van der Waals surface area contributed by atoms with Crippen molar-refractivity contribution in [2.24, 2.45) is 0 Å². The van der Waals surface area contributed by atoms with Crippen LogP contribution in [0.2, 0.25) is 5.02 Å². The number of methoxy groups -OCH3 is 1. The van der Waals surface area contributed by atoms with E-state index >= 15 is 0 Å². The Morgan fingerprint density at radius 3 is 2.56 bits per heavy atom. The number of rotatable bonds is 5. The maximum atomic E-state index is 12.3. The van der Waals surface area contributed by atoms with Crippen molar-refractivity contribution in [3.05, 3.63) is 52.7 Å². The van der Waals surface area contributed by atoms with Crippen LogP contribution in [0, 0.1) is 0 Å². The van der Waals surface area contributed by atoms with Gasteiger partial charge in [0, 0.05) is 58.0 Å². The first kappa shape index (κ1) is 19.5. The van der Waals surface area contributed by atoms with E-state index in [1.807, 2.05) is 30.5 Å². The molecule has 0 spiro atoms. The van der Waals surface area contributed by atoms with Crippen LogP contribution in [0.1, 0.15) is 15.9 Å². The molecule has 7 heteroatoms. The molecule has 1 fully saturated rings. The summed E-state index contributed by atoms with van der Waals surface area (Å²) in [7, 11) is 5.00. The van der Waals surface area contributed by atoms with E-state index in [-0.39, 0.29) is 5.91 Å². The highest BCUT2D eigenvalue weighted by molar-refractivity contribution is 6.31. The number of piperazine rings is 1. The van der Waals surface area contributed by atoms with Gasteiger partial charge in [-0.2, -0.15) is 0 Å². The smallest absolute Gasteiger partial charge is 0.257 e. The molecule has 3 rings (SSSR count). The lowest BCUT2D eigenvalue weighted by molar-refractivity contribution is 0.0824. The van der Waals surface area contributed by atoms with E-state index in [1.165, 1.54) is 4.90 Å². The molecule has 1 aliphatic rings. The van der Waals surface area contributed by atoms with Crippen molar-refractivity contribution < 1.29 is 9.53 Å². The summed E-state index contributed by atoms with van der Waals surface area (Å²) in [6.45, 7) is 4.41. The second kappa shape index (κ2) is 8.59. The van der Waals surface area contributed by atoms with Crippen molar-refractivity contribution in [2.75, 3.05) is 52.3 Å². The molecule has 0 aliphatic carbocycles. The van der Waals surface area contributed by atoms with Crippen LogP contribution in [0.25, 0.3) is 0 Å². The third kappa shape index (κ3) is 4.51. The van der Waals surface area contributed by atoms with Crippen LogP contribution in [-0.2, 0) is 6.54 Å². The van der Waals surface area contributed by atoms with Gasteiger partial charge in [-0.1, -0.05) is 17.7 Å². The fourth-order valence-electron chi connectivity index (χ4n) is 3.21. The maximum Gasteiger partial charge on any atom is 0.257 e. The molecule has 1 amide bonds. The molecule has 0 bridgehead atoms. The number of nitrogens with zero attached hydrogens (tertiary/aromatic N) is 4. The Labute approximate surface area is 165 Å². The van der Waals surface area contributed by atoms with Gasteiger partial charge in [0.15, 0.2) is 0 Å². The van der Waals surface area contributed by atoms with Crippen LogP contribution in [0.3, 0.4) is 0 Å². The number of pyridine rings is 1. The number of anilines is 1. The van der Waals surface area contributed by atoms with E-state index in [0.29, 0.717) is 16.3 Å². The summed E-state index contributed by atoms with van der Waals surface area (Å²) in [5.41, 5.74) is 1.45. The number of halogens is 1. The Morgan fingerprint density at radius 1 is 1.22 bits per heavy atom. The number of aromatic nitrogens is 1. The first-order valence-electron chi connectivity index (χ1n) is 8.96. The van der Waals surface area contributed by atoms with Crippen LogP contribution in [0.4, 0.5) is 5.82 Å². The van der Waals surface area contributed by atoms with E-state index in [0.717, 1.165) is 44.1 Å². The summed E-state index contributed by atoms with van der Waals surface area (Å²) in [4.78, 5) is 22.9. The molecule has 2 heterocycles. The maximum absolute atomic E-state index is 12.3. The molecule has 1 saturated heterocycles. The molecule has 27 heavy (non-hydrogen) atoms. The number of ether oxygens (including phenoxy) is 1. The van der Waals surface area contributed by atoms with Crippen molar-refractivity contribution in [3.8, 4) is 5.75 Å². The molecule has 144 valence electrons. The van der Waals surface area contributed by atoms with Gasteiger partial charge in [0.1, 0.15) is 11.6 Å². The van der Waals surface area contributed by atoms with Crippen molar-refractivity contribution in [1.29, 1.82) is 0 Å². The molecular formula is C20H25ClN4O2. The number of carbonyl (C=O) groups is 1. The minimum absolute atomic E-state index is 0.121. The van der Waals surface area contributed by atoms with E-state index < -0.39 is 0 Å². The van der Waals surface area contributed by atoms with Gasteiger partial charge >= 0.3 is 0 Å². The predicted molar refractivity (Wildman–Crippen MR) is 108 cm³/mol. The Kier molecular flexibility index (Phi) is 6.19. The van der Waals surface area contributed by atoms with Crippen LogP contribution in [-0.4, -0.2) is 68.1 Å². The summed E-state index contributed by atoms with van der Waals surface area (Å²) in [5, 5.41) is 0.591. The molecule has 1 aliphatic heterocycles. The molecule has 1 aromatic carbocycles. The SMILES string of the molecule is COc1cc(CN2CCN(c3ccccn3)CC2)c(Cl)cc1C(=O)N(C)C. The lowest BCUT2D eigenvalue weighted by Gasteiger charge is -2.35. The molecule has 1 aromatic heterocycles. The number of hydrogen-bond acceptors (Lipinski definition) is 5. The van der Waals surface area contributed by atoms with Gasteiger partial charge in [-0.05, 0) is 29.8 Å². The lowest BCUT2D eigenvalue weighted by atomic mass is 10.1. The molecule has 6 nitrogen and oxygen atoms in total. The summed E-state index contributed by atoms with van der Waals surface area (Å²) in [6.07, 6.45) is 1.82. The Balaban J connectivity index is 1.69. The number of carbonyl (C=O) groups excluding carboxylic acids is 1. The highest BCUT2D eigenvalue weighted by Gasteiger charge is 2.21. The molecular weight excluding hydrogens is 364 g/mol. The van der Waals surface area contributed by atoms with Crippen LogP contribution < -0.4 is 9.64 Å². The topological polar surface area (TPSA) is 48.9 Å². The Hall–Kier alpha value is -2.31. The monoisotopic (exact) mass is 388 g/mol. The van der Waals surface area contributed by atoms with Crippen molar-refractivity contribution in [2.45, 2.75) is 6.54 Å². The number of hydrogen-bond donors (Lipinski definition) is 0. The molecule has 0 unspecified atom stereocenters. The fraction of sp³-hybridized carbons (Fsp3) is 0.400. The van der Waals surface area contributed by atoms with Crippen molar-refractivity contribution in [3.63, 3.8) is 0 Å². The minimum Gasteiger partial charge on any atom is -0.496 e. The average molecular weight is 389 g/mol. The van der Waals surface area contributed by atoms with E-state index in [2.05, 4.69) is 14.8 Å². The minimum atomic E-state index is -0.121. The fourth-order valence-corrected chi connectivity index (χ4v) is 3.43. The first-order chi connectivity index (χ1) is 13.0. The zero-order chi connectivity index (χ0) is 19.4. The van der Waals surface area contributed by atoms with Gasteiger partial charge in [-0.3, -0.25) is 9.69 Å². The molecule has 0 atom stereocenters. The molecule has 2 aromatic rings. The third-order valence-electron chi connectivity index (χ3n) is 4.74. The lowest BCUT2D eigenvalue weighted by Crippen LogP contribution is -2.46. The van der Waals surface area contributed by atoms with E-state index in [4.69, 9.17) is 16.3 Å². The van der Waals surface area contributed by atoms with Gasteiger partial charge in [-0.25, -0.2) is 4.98 Å². The quantitative estimate of drug-likeness (QED) is 0.788. The standard InChI is InChI=1S/C20H25ClN4O2/c1-23(2)20(26)16-13-17(21)15(12-18(16)27-3)14-24-8-10-25(11-9-24)19-6-4-5-7-22-19/h4-7,12-13H,8-11,14H2,1-3H3. The molecule has 0 saturated carbocycles. The Bertz CT molecular complexity index is 790. The molecule has 0 radical (unpaired) electrons. The first-order valence-corrected chi connectivity index (χ1v) is 9.33. The third-order valence-corrected chi connectivity index (χ3v) is 5.10. The summed E-state index contributed by atoms with van der Waals surface area (Å²) >= 11 is 6.48. The van der Waals surface area contributed by atoms with Crippen LogP contribution in [0.15, 0.2) is 36.5 Å². The van der Waals surface area contributed by atoms with Crippen LogP contribution >= 0.6 is 11.6 Å². The van der Waals surface area contributed by atoms with E-state index in [1.54, 1.807) is 27.3 Å². The highest BCUT2D eigenvalue weighted by atomic mass is 35.5. The second-order valence-electron chi connectivity index (χ2n) is 6.79.